The summed E-state index contributed by atoms with van der Waals surface area (Å²) >= 11 is 0. The Balaban J connectivity index is 1.32. The topological polar surface area (TPSA) is 57.5 Å². The van der Waals surface area contributed by atoms with Crippen LogP contribution in [0.4, 0.5) is 4.39 Å². The first-order valence-corrected chi connectivity index (χ1v) is 14.7. The molecule has 5 rings (SSSR count). The van der Waals surface area contributed by atoms with Crippen molar-refractivity contribution in [2.75, 3.05) is 0 Å². The van der Waals surface area contributed by atoms with E-state index >= 15 is 0 Å². The smallest absolute Gasteiger partial charge is 0.193 e. The van der Waals surface area contributed by atoms with E-state index in [1.165, 1.54) is 11.1 Å². The number of aliphatic hydroxyl groups excluding tert-OH is 1. The first-order valence-electron chi connectivity index (χ1n) is 14.7. The van der Waals surface area contributed by atoms with Crippen LogP contribution in [0.5, 0.6) is 0 Å². The Morgan fingerprint density at radius 3 is 2.38 bits per heavy atom. The molecule has 0 amide bonds. The number of Topliss-reactive ketones (excluding diaryl/α,β-unsaturated/α-hetero) is 1. The van der Waals surface area contributed by atoms with Gasteiger partial charge in [-0.15, -0.1) is 0 Å². The van der Waals surface area contributed by atoms with Gasteiger partial charge in [0.05, 0.1) is 6.10 Å². The first-order chi connectivity index (χ1) is 19.2. The van der Waals surface area contributed by atoms with Gasteiger partial charge in [0.15, 0.2) is 12.0 Å². The number of fused-ring (bicyclic) bond motifs is 1. The van der Waals surface area contributed by atoms with Crippen molar-refractivity contribution in [3.05, 3.63) is 119 Å². The number of allylic oxidation sites excluding steroid dienone is 6. The van der Waals surface area contributed by atoms with E-state index in [1.54, 1.807) is 6.08 Å². The van der Waals surface area contributed by atoms with Crippen molar-refractivity contribution < 1.29 is 19.4 Å². The lowest BCUT2D eigenvalue weighted by Gasteiger charge is -2.42. The molecule has 210 valence electrons. The van der Waals surface area contributed by atoms with Crippen LogP contribution in [-0.4, -0.2) is 28.3 Å². The van der Waals surface area contributed by atoms with E-state index in [-0.39, 0.29) is 18.3 Å². The minimum absolute atomic E-state index is 0.0454. The molecule has 5 unspecified atom stereocenters. The minimum atomic E-state index is -1.60. The zero-order valence-electron chi connectivity index (χ0n) is 23.6. The van der Waals surface area contributed by atoms with Crippen molar-refractivity contribution in [2.24, 2.45) is 17.3 Å². The van der Waals surface area contributed by atoms with Gasteiger partial charge in [0, 0.05) is 18.4 Å². The fourth-order valence-corrected chi connectivity index (χ4v) is 7.27. The molecule has 0 bridgehead atoms. The second kappa shape index (κ2) is 11.8. The standard InChI is InChI=1S/C36H41FO3/c1-25(11-9-22-36(40,28-13-5-3-6-14-28)29-15-7-4-8-16-29)31-19-20-32-26(12-10-21-35(31,32)2)17-18-27-23-30(38)24-33(37)34(27)39/h3-9,13-19,22,25,30,32-33,38,40H,10-12,20-21,23-24H2,1-2H3/b22-9+,26-17+,27-18-. The average Bonchev–Trinajstić information content (AvgIpc) is 3.32. The lowest BCUT2D eigenvalue weighted by molar-refractivity contribution is -0.123. The monoisotopic (exact) mass is 540 g/mol. The van der Waals surface area contributed by atoms with E-state index in [9.17, 15) is 19.4 Å². The zero-order valence-corrected chi connectivity index (χ0v) is 23.6. The third kappa shape index (κ3) is 5.57. The van der Waals surface area contributed by atoms with E-state index in [4.69, 9.17) is 0 Å². The maximum atomic E-state index is 14.0. The van der Waals surface area contributed by atoms with E-state index < -0.39 is 23.7 Å². The normalized spacial score (nSPS) is 30.1. The van der Waals surface area contributed by atoms with E-state index in [0.29, 0.717) is 17.4 Å². The second-order valence-electron chi connectivity index (χ2n) is 12.1. The number of aliphatic hydroxyl groups is 2. The van der Waals surface area contributed by atoms with Crippen molar-refractivity contribution in [1.82, 2.24) is 0 Å². The molecule has 2 saturated carbocycles. The molecule has 0 saturated heterocycles. The summed E-state index contributed by atoms with van der Waals surface area (Å²) in [7, 11) is 0. The van der Waals surface area contributed by atoms with Crippen LogP contribution in [0.2, 0.25) is 0 Å². The Morgan fingerprint density at radius 1 is 1.07 bits per heavy atom. The number of hydrogen-bond acceptors (Lipinski definition) is 3. The van der Waals surface area contributed by atoms with E-state index in [0.717, 1.165) is 43.2 Å². The third-order valence-electron chi connectivity index (χ3n) is 9.45. The number of benzene rings is 2. The molecular weight excluding hydrogens is 499 g/mol. The van der Waals surface area contributed by atoms with Crippen molar-refractivity contribution in [2.45, 2.75) is 76.7 Å². The van der Waals surface area contributed by atoms with Crippen LogP contribution < -0.4 is 0 Å². The number of alkyl halides is 1. The van der Waals surface area contributed by atoms with Gasteiger partial charge in [-0.1, -0.05) is 110 Å². The quantitative estimate of drug-likeness (QED) is 0.282. The number of halogens is 1. The highest BCUT2D eigenvalue weighted by atomic mass is 19.1. The second-order valence-corrected chi connectivity index (χ2v) is 12.1. The number of carbonyl (C=O) groups excluding carboxylic acids is 1. The van der Waals surface area contributed by atoms with Gasteiger partial charge in [0.2, 0.25) is 0 Å². The van der Waals surface area contributed by atoms with Crippen LogP contribution >= 0.6 is 0 Å². The third-order valence-corrected chi connectivity index (χ3v) is 9.45. The van der Waals surface area contributed by atoms with E-state index in [2.05, 4.69) is 26.0 Å². The molecule has 3 aliphatic carbocycles. The molecule has 0 heterocycles. The Labute approximate surface area is 237 Å². The van der Waals surface area contributed by atoms with Gasteiger partial charge < -0.3 is 10.2 Å². The molecule has 0 aromatic heterocycles. The van der Waals surface area contributed by atoms with E-state index in [1.807, 2.05) is 72.8 Å². The summed E-state index contributed by atoms with van der Waals surface area (Å²) < 4.78 is 14.0. The molecule has 2 aromatic carbocycles. The molecule has 4 heteroatoms. The van der Waals surface area contributed by atoms with Gasteiger partial charge in [-0.3, -0.25) is 4.79 Å². The predicted octanol–water partition coefficient (Wildman–Crippen LogP) is 7.56. The SMILES string of the molecule is CC(C/C=C/C(O)(c1ccccc1)c1ccccc1)C1=CCC2/C(=C/C=C3/CC(O)CC(F)C3=O)CCCC12C. The molecule has 40 heavy (non-hydrogen) atoms. The van der Waals surface area contributed by atoms with Gasteiger partial charge in [0.25, 0.3) is 0 Å². The van der Waals surface area contributed by atoms with Crippen molar-refractivity contribution in [3.63, 3.8) is 0 Å². The van der Waals surface area contributed by atoms with Crippen LogP contribution in [0.3, 0.4) is 0 Å². The highest BCUT2D eigenvalue weighted by Gasteiger charge is 2.46. The number of hydrogen-bond donors (Lipinski definition) is 2. The highest BCUT2D eigenvalue weighted by molar-refractivity contribution is 5.99. The lowest BCUT2D eigenvalue weighted by Crippen LogP contribution is -2.33. The Morgan fingerprint density at radius 2 is 1.73 bits per heavy atom. The summed E-state index contributed by atoms with van der Waals surface area (Å²) in [5.41, 5.74) is 3.73. The Hall–Kier alpha value is -3.08. The highest BCUT2D eigenvalue weighted by Crippen LogP contribution is 2.57. The number of carbonyl (C=O) groups is 1. The number of ketones is 1. The van der Waals surface area contributed by atoms with Crippen molar-refractivity contribution >= 4 is 5.78 Å². The molecule has 2 aromatic rings. The summed E-state index contributed by atoms with van der Waals surface area (Å²) in [6.07, 6.45) is 13.0. The van der Waals surface area contributed by atoms with Gasteiger partial charge >= 0.3 is 0 Å². The summed E-state index contributed by atoms with van der Waals surface area (Å²) in [6, 6.07) is 19.6. The van der Waals surface area contributed by atoms with Gasteiger partial charge in [0.1, 0.15) is 5.60 Å². The minimum Gasteiger partial charge on any atom is -0.393 e. The zero-order chi connectivity index (χ0) is 28.3. The number of rotatable bonds is 7. The van der Waals surface area contributed by atoms with Gasteiger partial charge in [-0.2, -0.15) is 0 Å². The average molecular weight is 541 g/mol. The summed E-state index contributed by atoms with van der Waals surface area (Å²) in [5.74, 6) is 0.217. The molecule has 0 aliphatic heterocycles. The largest absolute Gasteiger partial charge is 0.393 e. The Bertz CT molecular complexity index is 1280. The first kappa shape index (κ1) is 28.4. The maximum absolute atomic E-state index is 14.0. The molecule has 0 spiro atoms. The van der Waals surface area contributed by atoms with Crippen LogP contribution in [0, 0.1) is 17.3 Å². The summed E-state index contributed by atoms with van der Waals surface area (Å²) in [6.45, 7) is 4.64. The fourth-order valence-electron chi connectivity index (χ4n) is 7.27. The fraction of sp³-hybridized carbons (Fsp3) is 0.417. The van der Waals surface area contributed by atoms with Gasteiger partial charge in [-0.05, 0) is 66.6 Å². The Kier molecular flexibility index (Phi) is 8.39. The maximum Gasteiger partial charge on any atom is 0.193 e. The molecule has 2 fully saturated rings. The molecule has 0 radical (unpaired) electrons. The molecule has 3 aliphatic rings. The molecule has 5 atom stereocenters. The van der Waals surface area contributed by atoms with Crippen LogP contribution in [0.1, 0.15) is 69.9 Å². The summed E-state index contributed by atoms with van der Waals surface area (Å²) in [5, 5.41) is 21.8. The molecule has 3 nitrogen and oxygen atoms in total. The van der Waals surface area contributed by atoms with Crippen LogP contribution in [0.15, 0.2) is 108 Å². The molecular formula is C36H41FO3. The lowest BCUT2D eigenvalue weighted by atomic mass is 9.62. The van der Waals surface area contributed by atoms with Crippen molar-refractivity contribution in [1.29, 1.82) is 0 Å². The molecule has 2 N–H and O–H groups in total. The van der Waals surface area contributed by atoms with Crippen LogP contribution in [0.25, 0.3) is 0 Å². The van der Waals surface area contributed by atoms with Crippen LogP contribution in [-0.2, 0) is 10.4 Å². The van der Waals surface area contributed by atoms with Gasteiger partial charge in [-0.25, -0.2) is 4.39 Å². The summed E-state index contributed by atoms with van der Waals surface area (Å²) in [4.78, 5) is 12.3. The predicted molar refractivity (Wildman–Crippen MR) is 158 cm³/mol. The van der Waals surface area contributed by atoms with Crippen molar-refractivity contribution in [3.8, 4) is 0 Å².